The molecule has 5 heteroatoms. The number of sulfonamides is 1. The molecule has 0 radical (unpaired) electrons. The predicted molar refractivity (Wildman–Crippen MR) is 80.3 cm³/mol. The van der Waals surface area contributed by atoms with Crippen molar-refractivity contribution in [3.63, 3.8) is 0 Å². The van der Waals surface area contributed by atoms with Gasteiger partial charge >= 0.3 is 0 Å². The first-order chi connectivity index (χ1) is 9.10. The lowest BCUT2D eigenvalue weighted by molar-refractivity contribution is 0.101. The molecule has 0 unspecified atom stereocenters. The zero-order valence-corrected chi connectivity index (χ0v) is 13.2. The Morgan fingerprint density at radius 3 is 2.10 bits per heavy atom. The maximum atomic E-state index is 12.6. The van der Waals surface area contributed by atoms with Gasteiger partial charge in [-0.05, 0) is 39.8 Å². The van der Waals surface area contributed by atoms with Crippen LogP contribution >= 0.6 is 0 Å². The fraction of sp³-hybridized carbons (Fsp3) is 0.400. The minimum absolute atomic E-state index is 0.0901. The molecule has 1 aromatic rings. The smallest absolute Gasteiger partial charge is 0.243 e. The summed E-state index contributed by atoms with van der Waals surface area (Å²) in [5, 5.41) is 0. The minimum atomic E-state index is -3.61. The number of ketones is 1. The Morgan fingerprint density at radius 1 is 1.25 bits per heavy atom. The van der Waals surface area contributed by atoms with E-state index in [9.17, 15) is 13.2 Å². The van der Waals surface area contributed by atoms with Crippen LogP contribution in [-0.4, -0.2) is 30.6 Å². The maximum Gasteiger partial charge on any atom is 0.243 e. The molecule has 0 spiro atoms. The predicted octanol–water partition coefficient (Wildman–Crippen LogP) is 2.86. The number of carbonyl (C=O) groups is 1. The van der Waals surface area contributed by atoms with Gasteiger partial charge in [0.15, 0.2) is 5.78 Å². The fourth-order valence-corrected chi connectivity index (χ4v) is 3.60. The molecular weight excluding hydrogens is 274 g/mol. The molecule has 20 heavy (non-hydrogen) atoms. The number of rotatable bonds is 5. The first-order valence-corrected chi connectivity index (χ1v) is 7.79. The summed E-state index contributed by atoms with van der Waals surface area (Å²) in [7, 11) is -3.61. The topological polar surface area (TPSA) is 54.5 Å². The van der Waals surface area contributed by atoms with E-state index in [0.29, 0.717) is 5.56 Å². The Hall–Kier alpha value is -1.46. The lowest BCUT2D eigenvalue weighted by Crippen LogP contribution is -2.45. The highest BCUT2D eigenvalue weighted by atomic mass is 32.2. The summed E-state index contributed by atoms with van der Waals surface area (Å²) in [6, 6.07) is 6.00. The van der Waals surface area contributed by atoms with Gasteiger partial charge in [0.05, 0.1) is 4.90 Å². The van der Waals surface area contributed by atoms with Crippen LogP contribution in [0.15, 0.2) is 41.8 Å². The summed E-state index contributed by atoms with van der Waals surface area (Å²) in [6.45, 7) is 10.8. The van der Waals surface area contributed by atoms with Gasteiger partial charge in [-0.3, -0.25) is 4.79 Å². The fourth-order valence-electron chi connectivity index (χ4n) is 1.84. The standard InChI is InChI=1S/C15H21NO3S/c1-6-11-16(15(3,4)5)20(18,19)14-9-7-13(8-10-14)12(2)17/h6-10H,1,11H2,2-5H3. The molecule has 4 nitrogen and oxygen atoms in total. The van der Waals surface area contributed by atoms with Crippen LogP contribution in [0.25, 0.3) is 0 Å². The highest BCUT2D eigenvalue weighted by Crippen LogP contribution is 2.24. The number of carbonyl (C=O) groups excluding carboxylic acids is 1. The summed E-state index contributed by atoms with van der Waals surface area (Å²) in [5.74, 6) is -0.0901. The van der Waals surface area contributed by atoms with Gasteiger partial charge in [0, 0.05) is 17.6 Å². The maximum absolute atomic E-state index is 12.6. The quantitative estimate of drug-likeness (QED) is 0.620. The van der Waals surface area contributed by atoms with E-state index in [4.69, 9.17) is 0 Å². The van der Waals surface area contributed by atoms with Crippen molar-refractivity contribution >= 4 is 15.8 Å². The van der Waals surface area contributed by atoms with Crippen molar-refractivity contribution in [3.8, 4) is 0 Å². The number of hydrogen-bond donors (Lipinski definition) is 0. The van der Waals surface area contributed by atoms with Gasteiger partial charge in [-0.25, -0.2) is 8.42 Å². The third-order valence-corrected chi connectivity index (χ3v) is 5.04. The number of Topliss-reactive ketones (excluding diaryl/α,β-unsaturated/α-hetero) is 1. The number of benzene rings is 1. The van der Waals surface area contributed by atoms with Crippen molar-refractivity contribution in [2.75, 3.05) is 6.54 Å². The van der Waals surface area contributed by atoms with Crippen LogP contribution in [-0.2, 0) is 10.0 Å². The molecule has 1 rings (SSSR count). The van der Waals surface area contributed by atoms with Gasteiger partial charge in [-0.2, -0.15) is 4.31 Å². The van der Waals surface area contributed by atoms with Crippen LogP contribution in [0.1, 0.15) is 38.1 Å². The second kappa shape index (κ2) is 5.89. The van der Waals surface area contributed by atoms with Crippen molar-refractivity contribution in [1.29, 1.82) is 0 Å². The molecule has 0 fully saturated rings. The molecule has 0 N–H and O–H groups in total. The number of nitrogens with zero attached hydrogens (tertiary/aromatic N) is 1. The van der Waals surface area contributed by atoms with E-state index in [0.717, 1.165) is 0 Å². The molecule has 0 saturated heterocycles. The third kappa shape index (κ3) is 3.55. The Morgan fingerprint density at radius 2 is 1.75 bits per heavy atom. The SMILES string of the molecule is C=CCN(C(C)(C)C)S(=O)(=O)c1ccc(C(C)=O)cc1. The zero-order valence-electron chi connectivity index (χ0n) is 12.4. The van der Waals surface area contributed by atoms with Crippen LogP contribution in [0.3, 0.4) is 0 Å². The molecule has 0 atom stereocenters. The molecule has 0 heterocycles. The number of hydrogen-bond acceptors (Lipinski definition) is 3. The molecule has 110 valence electrons. The van der Waals surface area contributed by atoms with Gasteiger partial charge in [-0.1, -0.05) is 18.2 Å². The molecule has 1 aromatic carbocycles. The van der Waals surface area contributed by atoms with E-state index in [2.05, 4.69) is 6.58 Å². The summed E-state index contributed by atoms with van der Waals surface area (Å²) >= 11 is 0. The minimum Gasteiger partial charge on any atom is -0.295 e. The lowest BCUT2D eigenvalue weighted by atomic mass is 10.1. The van der Waals surface area contributed by atoms with Crippen LogP contribution < -0.4 is 0 Å². The van der Waals surface area contributed by atoms with Crippen molar-refractivity contribution in [3.05, 3.63) is 42.5 Å². The highest BCUT2D eigenvalue weighted by Gasteiger charge is 2.32. The lowest BCUT2D eigenvalue weighted by Gasteiger charge is -2.33. The highest BCUT2D eigenvalue weighted by molar-refractivity contribution is 7.89. The van der Waals surface area contributed by atoms with Gasteiger partial charge < -0.3 is 0 Å². The van der Waals surface area contributed by atoms with E-state index in [1.54, 1.807) is 6.08 Å². The monoisotopic (exact) mass is 295 g/mol. The van der Waals surface area contributed by atoms with E-state index in [-0.39, 0.29) is 17.2 Å². The van der Waals surface area contributed by atoms with Gasteiger partial charge in [0.1, 0.15) is 0 Å². The van der Waals surface area contributed by atoms with Crippen LogP contribution in [0.2, 0.25) is 0 Å². The van der Waals surface area contributed by atoms with Crippen LogP contribution in [0.4, 0.5) is 0 Å². The summed E-state index contributed by atoms with van der Waals surface area (Å²) in [6.07, 6.45) is 1.56. The van der Waals surface area contributed by atoms with Crippen molar-refractivity contribution in [1.82, 2.24) is 4.31 Å². The molecule has 0 aromatic heterocycles. The van der Waals surface area contributed by atoms with Crippen LogP contribution in [0, 0.1) is 0 Å². The first kappa shape index (κ1) is 16.6. The van der Waals surface area contributed by atoms with Crippen molar-refractivity contribution in [2.45, 2.75) is 38.1 Å². The molecule has 0 bridgehead atoms. The summed E-state index contributed by atoms with van der Waals surface area (Å²) < 4.78 is 26.7. The van der Waals surface area contributed by atoms with E-state index < -0.39 is 15.6 Å². The second-order valence-electron chi connectivity index (χ2n) is 5.58. The van der Waals surface area contributed by atoms with E-state index in [1.807, 2.05) is 20.8 Å². The van der Waals surface area contributed by atoms with Gasteiger partial charge in [0.25, 0.3) is 0 Å². The Balaban J connectivity index is 3.26. The van der Waals surface area contributed by atoms with Crippen LogP contribution in [0.5, 0.6) is 0 Å². The van der Waals surface area contributed by atoms with Crippen molar-refractivity contribution in [2.24, 2.45) is 0 Å². The summed E-state index contributed by atoms with van der Waals surface area (Å²) in [5.41, 5.74) is -0.0540. The molecular formula is C15H21NO3S. The summed E-state index contributed by atoms with van der Waals surface area (Å²) in [4.78, 5) is 11.4. The largest absolute Gasteiger partial charge is 0.295 e. The van der Waals surface area contributed by atoms with E-state index >= 15 is 0 Å². The van der Waals surface area contributed by atoms with Crippen molar-refractivity contribution < 1.29 is 13.2 Å². The normalized spacial score (nSPS) is 12.4. The molecule has 0 aliphatic carbocycles. The van der Waals surface area contributed by atoms with Gasteiger partial charge in [0.2, 0.25) is 10.0 Å². The average Bonchev–Trinajstić information content (AvgIpc) is 2.34. The molecule has 0 amide bonds. The second-order valence-corrected chi connectivity index (χ2v) is 7.44. The first-order valence-electron chi connectivity index (χ1n) is 6.35. The molecule has 0 aliphatic rings. The van der Waals surface area contributed by atoms with Gasteiger partial charge in [-0.15, -0.1) is 6.58 Å². The zero-order chi connectivity index (χ0) is 15.6. The Labute approximate surface area is 121 Å². The molecule has 0 aliphatic heterocycles. The molecule has 0 saturated carbocycles. The Kier molecular flexibility index (Phi) is 4.89. The average molecular weight is 295 g/mol. The van der Waals surface area contributed by atoms with E-state index in [1.165, 1.54) is 35.5 Å². The third-order valence-electron chi connectivity index (χ3n) is 2.89. The Bertz CT molecular complexity index is 595.